The van der Waals surface area contributed by atoms with E-state index in [-0.39, 0.29) is 12.7 Å². The molecule has 1 fully saturated rings. The fourth-order valence-corrected chi connectivity index (χ4v) is 2.58. The van der Waals surface area contributed by atoms with Crippen molar-refractivity contribution in [3.8, 4) is 0 Å². The SMILES string of the molecule is OCCC(Cc1ccccc1)OC1(O)CCCC1. The summed E-state index contributed by atoms with van der Waals surface area (Å²) in [4.78, 5) is 0. The number of hydrogen-bond acceptors (Lipinski definition) is 3. The molecule has 0 aliphatic heterocycles. The minimum atomic E-state index is -0.964. The number of aliphatic hydroxyl groups excluding tert-OH is 1. The van der Waals surface area contributed by atoms with Gasteiger partial charge >= 0.3 is 0 Å². The van der Waals surface area contributed by atoms with Crippen molar-refractivity contribution in [1.29, 1.82) is 0 Å². The summed E-state index contributed by atoms with van der Waals surface area (Å²) in [6.07, 6.45) is 4.66. The summed E-state index contributed by atoms with van der Waals surface area (Å²) < 4.78 is 5.84. The summed E-state index contributed by atoms with van der Waals surface area (Å²) in [6.45, 7) is 0.0909. The van der Waals surface area contributed by atoms with Crippen molar-refractivity contribution in [2.45, 2.75) is 50.4 Å². The van der Waals surface area contributed by atoms with Gasteiger partial charge in [0.15, 0.2) is 5.79 Å². The van der Waals surface area contributed by atoms with Gasteiger partial charge in [0.2, 0.25) is 0 Å². The van der Waals surface area contributed by atoms with Crippen molar-refractivity contribution in [1.82, 2.24) is 0 Å². The molecule has 3 heteroatoms. The molecule has 0 spiro atoms. The third kappa shape index (κ3) is 3.80. The maximum Gasteiger partial charge on any atom is 0.165 e. The van der Waals surface area contributed by atoms with Gasteiger partial charge in [-0.15, -0.1) is 0 Å². The van der Waals surface area contributed by atoms with Gasteiger partial charge in [0, 0.05) is 19.4 Å². The fraction of sp³-hybridized carbons (Fsp3) is 0.600. The molecule has 0 amide bonds. The van der Waals surface area contributed by atoms with Crippen molar-refractivity contribution in [2.75, 3.05) is 6.61 Å². The standard InChI is InChI=1S/C15H22O3/c16-11-8-14(12-13-6-2-1-3-7-13)18-15(17)9-4-5-10-15/h1-3,6-7,14,16-17H,4-5,8-12H2. The Kier molecular flexibility index (Phi) is 4.75. The summed E-state index contributed by atoms with van der Waals surface area (Å²) in [5.74, 6) is -0.964. The minimum Gasteiger partial charge on any atom is -0.396 e. The topological polar surface area (TPSA) is 49.7 Å². The molecule has 1 aromatic carbocycles. The van der Waals surface area contributed by atoms with E-state index < -0.39 is 5.79 Å². The maximum atomic E-state index is 10.3. The highest BCUT2D eigenvalue weighted by Gasteiger charge is 2.34. The summed E-state index contributed by atoms with van der Waals surface area (Å²) >= 11 is 0. The van der Waals surface area contributed by atoms with Gasteiger partial charge in [0.1, 0.15) is 0 Å². The molecule has 1 unspecified atom stereocenters. The molecule has 1 aliphatic rings. The third-order valence-corrected chi connectivity index (χ3v) is 3.53. The van der Waals surface area contributed by atoms with Gasteiger partial charge in [-0.3, -0.25) is 0 Å². The van der Waals surface area contributed by atoms with Crippen LogP contribution in [0.25, 0.3) is 0 Å². The van der Waals surface area contributed by atoms with Gasteiger partial charge in [-0.1, -0.05) is 30.3 Å². The van der Waals surface area contributed by atoms with Crippen molar-refractivity contribution in [3.05, 3.63) is 35.9 Å². The lowest BCUT2D eigenvalue weighted by molar-refractivity contribution is -0.226. The lowest BCUT2D eigenvalue weighted by Crippen LogP contribution is -2.35. The molecule has 1 saturated carbocycles. The van der Waals surface area contributed by atoms with Crippen LogP contribution >= 0.6 is 0 Å². The van der Waals surface area contributed by atoms with Crippen LogP contribution in [-0.4, -0.2) is 28.7 Å². The van der Waals surface area contributed by atoms with Gasteiger partial charge in [0.05, 0.1) is 6.10 Å². The van der Waals surface area contributed by atoms with Crippen molar-refractivity contribution >= 4 is 0 Å². The Morgan fingerprint density at radius 1 is 1.17 bits per heavy atom. The molecule has 0 bridgehead atoms. The van der Waals surface area contributed by atoms with Crippen molar-refractivity contribution < 1.29 is 14.9 Å². The third-order valence-electron chi connectivity index (χ3n) is 3.53. The van der Waals surface area contributed by atoms with E-state index in [4.69, 9.17) is 9.84 Å². The zero-order valence-corrected chi connectivity index (χ0v) is 10.7. The second kappa shape index (κ2) is 6.32. The molecule has 1 atom stereocenters. The number of hydrogen-bond donors (Lipinski definition) is 2. The van der Waals surface area contributed by atoms with Gasteiger partial charge in [-0.2, -0.15) is 0 Å². The van der Waals surface area contributed by atoms with E-state index >= 15 is 0 Å². The van der Waals surface area contributed by atoms with E-state index in [9.17, 15) is 5.11 Å². The number of benzene rings is 1. The van der Waals surface area contributed by atoms with E-state index in [1.807, 2.05) is 30.3 Å². The first-order valence-electron chi connectivity index (χ1n) is 6.77. The highest BCUT2D eigenvalue weighted by atomic mass is 16.6. The zero-order chi connectivity index (χ0) is 12.8. The molecule has 1 aromatic rings. The van der Waals surface area contributed by atoms with Crippen LogP contribution in [0.4, 0.5) is 0 Å². The summed E-state index contributed by atoms with van der Waals surface area (Å²) in [7, 11) is 0. The summed E-state index contributed by atoms with van der Waals surface area (Å²) in [6, 6.07) is 10.1. The monoisotopic (exact) mass is 250 g/mol. The first kappa shape index (κ1) is 13.5. The van der Waals surface area contributed by atoms with E-state index in [0.717, 1.165) is 19.3 Å². The van der Waals surface area contributed by atoms with Crippen LogP contribution in [0.3, 0.4) is 0 Å². The molecular weight excluding hydrogens is 228 g/mol. The van der Waals surface area contributed by atoms with Crippen LogP contribution in [0.15, 0.2) is 30.3 Å². The second-order valence-corrected chi connectivity index (χ2v) is 5.10. The summed E-state index contributed by atoms with van der Waals surface area (Å²) in [5.41, 5.74) is 1.18. The number of rotatable bonds is 6. The Bertz CT molecular complexity index is 344. The molecule has 0 heterocycles. The first-order valence-corrected chi connectivity index (χ1v) is 6.77. The number of aliphatic hydroxyl groups is 2. The van der Waals surface area contributed by atoms with Crippen LogP contribution in [0.5, 0.6) is 0 Å². The van der Waals surface area contributed by atoms with E-state index in [1.165, 1.54) is 5.56 Å². The molecule has 2 rings (SSSR count). The quantitative estimate of drug-likeness (QED) is 0.761. The number of ether oxygens (including phenoxy) is 1. The normalized spacial score (nSPS) is 19.9. The lowest BCUT2D eigenvalue weighted by Gasteiger charge is -2.29. The summed E-state index contributed by atoms with van der Waals surface area (Å²) in [5, 5.41) is 19.4. The van der Waals surface area contributed by atoms with E-state index in [1.54, 1.807) is 0 Å². The highest BCUT2D eigenvalue weighted by molar-refractivity contribution is 5.15. The largest absolute Gasteiger partial charge is 0.396 e. The van der Waals surface area contributed by atoms with Crippen LogP contribution in [0.2, 0.25) is 0 Å². The second-order valence-electron chi connectivity index (χ2n) is 5.10. The van der Waals surface area contributed by atoms with E-state index in [2.05, 4.69) is 0 Å². The predicted molar refractivity (Wildman–Crippen MR) is 70.1 cm³/mol. The smallest absolute Gasteiger partial charge is 0.165 e. The van der Waals surface area contributed by atoms with Gasteiger partial charge in [-0.25, -0.2) is 0 Å². The molecule has 2 N–H and O–H groups in total. The minimum absolute atomic E-state index is 0.0909. The highest BCUT2D eigenvalue weighted by Crippen LogP contribution is 2.32. The Labute approximate surface area is 108 Å². The van der Waals surface area contributed by atoms with Crippen LogP contribution in [-0.2, 0) is 11.2 Å². The molecule has 1 aliphatic carbocycles. The molecule has 0 aromatic heterocycles. The Morgan fingerprint density at radius 2 is 1.83 bits per heavy atom. The average Bonchev–Trinajstić information content (AvgIpc) is 2.77. The van der Waals surface area contributed by atoms with E-state index in [0.29, 0.717) is 19.3 Å². The average molecular weight is 250 g/mol. The van der Waals surface area contributed by atoms with Crippen molar-refractivity contribution in [2.24, 2.45) is 0 Å². The molecule has 18 heavy (non-hydrogen) atoms. The van der Waals surface area contributed by atoms with Crippen molar-refractivity contribution in [3.63, 3.8) is 0 Å². The van der Waals surface area contributed by atoms with Gasteiger partial charge < -0.3 is 14.9 Å². The van der Waals surface area contributed by atoms with Crippen LogP contribution in [0.1, 0.15) is 37.7 Å². The predicted octanol–water partition coefficient (Wildman–Crippen LogP) is 2.26. The van der Waals surface area contributed by atoms with Gasteiger partial charge in [-0.05, 0) is 31.2 Å². The van der Waals surface area contributed by atoms with Crippen LogP contribution < -0.4 is 0 Å². The zero-order valence-electron chi connectivity index (χ0n) is 10.7. The van der Waals surface area contributed by atoms with Gasteiger partial charge in [0.25, 0.3) is 0 Å². The Balaban J connectivity index is 1.95. The first-order chi connectivity index (χ1) is 8.72. The Morgan fingerprint density at radius 3 is 2.44 bits per heavy atom. The van der Waals surface area contributed by atoms with Crippen LogP contribution in [0, 0.1) is 0 Å². The molecule has 0 saturated heterocycles. The molecule has 100 valence electrons. The fourth-order valence-electron chi connectivity index (χ4n) is 2.58. The Hall–Kier alpha value is -0.900. The molecular formula is C15H22O3. The maximum absolute atomic E-state index is 10.3. The molecule has 0 radical (unpaired) electrons. The molecule has 3 nitrogen and oxygen atoms in total. The lowest BCUT2D eigenvalue weighted by atomic mass is 10.1.